The van der Waals surface area contributed by atoms with Crippen LogP contribution in [-0.4, -0.2) is 42.7 Å². The van der Waals surface area contributed by atoms with E-state index < -0.39 is 0 Å². The van der Waals surface area contributed by atoms with Gasteiger partial charge in [-0.15, -0.1) is 26.6 Å². The number of fused-ring (bicyclic) bond motifs is 1. The second-order valence-electron chi connectivity index (χ2n) is 2.62. The van der Waals surface area contributed by atoms with E-state index in [-0.39, 0.29) is 6.61 Å². The van der Waals surface area contributed by atoms with Crippen molar-refractivity contribution in [3.05, 3.63) is 12.1 Å². The third-order valence-electron chi connectivity index (χ3n) is 1.60. The first-order valence-electron chi connectivity index (χ1n) is 4.19. The number of rotatable bonds is 4. The molecule has 0 saturated heterocycles. The molecule has 0 aromatic carbocycles. The van der Waals surface area contributed by atoms with E-state index >= 15 is 0 Å². The molecular formula is C7H9N5OS. The highest BCUT2D eigenvalue weighted by Crippen LogP contribution is 2.15. The van der Waals surface area contributed by atoms with Crippen molar-refractivity contribution in [2.75, 3.05) is 12.4 Å². The topological polar surface area (TPSA) is 76.2 Å². The lowest BCUT2D eigenvalue weighted by atomic mass is 10.5. The van der Waals surface area contributed by atoms with Crippen LogP contribution in [0.1, 0.15) is 6.42 Å². The Kier molecular flexibility index (Phi) is 2.90. The molecule has 0 amide bonds. The molecule has 0 aliphatic carbocycles. The average Bonchev–Trinajstić information content (AvgIpc) is 2.65. The van der Waals surface area contributed by atoms with Crippen molar-refractivity contribution in [3.8, 4) is 0 Å². The van der Waals surface area contributed by atoms with Gasteiger partial charge in [-0.2, -0.15) is 0 Å². The molecule has 0 saturated carbocycles. The summed E-state index contributed by atoms with van der Waals surface area (Å²) in [6.07, 6.45) is 0.764. The fourth-order valence-electron chi connectivity index (χ4n) is 0.952. The number of aromatic nitrogens is 5. The van der Waals surface area contributed by atoms with E-state index in [9.17, 15) is 0 Å². The molecule has 0 aliphatic heterocycles. The molecule has 0 unspecified atom stereocenters. The first-order chi connectivity index (χ1) is 6.90. The minimum absolute atomic E-state index is 0.208. The van der Waals surface area contributed by atoms with Gasteiger partial charge in [0.05, 0.1) is 0 Å². The maximum absolute atomic E-state index is 8.61. The van der Waals surface area contributed by atoms with Crippen LogP contribution in [0.15, 0.2) is 17.2 Å². The molecule has 6 nitrogen and oxygen atoms in total. The molecular weight excluding hydrogens is 202 g/mol. The van der Waals surface area contributed by atoms with Crippen LogP contribution in [0.3, 0.4) is 0 Å². The SMILES string of the molecule is OCCCSc1ccc2nnnn2n1. The molecule has 2 heterocycles. The molecule has 74 valence electrons. The lowest BCUT2D eigenvalue weighted by Crippen LogP contribution is -1.96. The second-order valence-corrected chi connectivity index (χ2v) is 3.74. The monoisotopic (exact) mass is 211 g/mol. The van der Waals surface area contributed by atoms with Gasteiger partial charge in [-0.05, 0) is 29.0 Å². The molecule has 2 rings (SSSR count). The quantitative estimate of drug-likeness (QED) is 0.566. The predicted molar refractivity (Wildman–Crippen MR) is 51.0 cm³/mol. The van der Waals surface area contributed by atoms with Crippen LogP contribution in [-0.2, 0) is 0 Å². The van der Waals surface area contributed by atoms with Crippen LogP contribution >= 0.6 is 11.8 Å². The summed E-state index contributed by atoms with van der Waals surface area (Å²) in [6.45, 7) is 0.208. The Morgan fingerprint density at radius 1 is 1.43 bits per heavy atom. The van der Waals surface area contributed by atoms with Crippen LogP contribution in [0.25, 0.3) is 5.65 Å². The summed E-state index contributed by atoms with van der Waals surface area (Å²) in [7, 11) is 0. The van der Waals surface area contributed by atoms with E-state index in [0.717, 1.165) is 17.2 Å². The van der Waals surface area contributed by atoms with Crippen molar-refractivity contribution in [2.24, 2.45) is 0 Å². The highest BCUT2D eigenvalue weighted by atomic mass is 32.2. The normalized spacial score (nSPS) is 10.9. The second kappa shape index (κ2) is 4.34. The molecule has 0 spiro atoms. The van der Waals surface area contributed by atoms with Gasteiger partial charge in [-0.1, -0.05) is 0 Å². The lowest BCUT2D eigenvalue weighted by Gasteiger charge is -1.97. The van der Waals surface area contributed by atoms with Crippen molar-refractivity contribution in [3.63, 3.8) is 0 Å². The summed E-state index contributed by atoms with van der Waals surface area (Å²) in [6, 6.07) is 3.68. The third-order valence-corrected chi connectivity index (χ3v) is 2.60. The first-order valence-corrected chi connectivity index (χ1v) is 5.18. The van der Waals surface area contributed by atoms with E-state index in [1.807, 2.05) is 12.1 Å². The van der Waals surface area contributed by atoms with Crippen LogP contribution in [0.5, 0.6) is 0 Å². The summed E-state index contributed by atoms with van der Waals surface area (Å²) in [5, 5.41) is 24.6. The number of thioether (sulfide) groups is 1. The number of nitrogens with zero attached hydrogens (tertiary/aromatic N) is 5. The highest BCUT2D eigenvalue weighted by Gasteiger charge is 2.00. The lowest BCUT2D eigenvalue weighted by molar-refractivity contribution is 0.296. The van der Waals surface area contributed by atoms with Crippen LogP contribution < -0.4 is 0 Å². The number of tetrazole rings is 1. The molecule has 0 radical (unpaired) electrons. The molecule has 1 N–H and O–H groups in total. The minimum atomic E-state index is 0.208. The van der Waals surface area contributed by atoms with Gasteiger partial charge < -0.3 is 5.11 Å². The van der Waals surface area contributed by atoms with E-state index in [1.165, 1.54) is 4.63 Å². The van der Waals surface area contributed by atoms with Gasteiger partial charge in [0.1, 0.15) is 5.03 Å². The van der Waals surface area contributed by atoms with Crippen molar-refractivity contribution in [1.82, 2.24) is 25.3 Å². The van der Waals surface area contributed by atoms with Gasteiger partial charge in [0.25, 0.3) is 0 Å². The van der Waals surface area contributed by atoms with Crippen molar-refractivity contribution in [2.45, 2.75) is 11.4 Å². The predicted octanol–water partition coefficient (Wildman–Crippen LogP) is -0.00620. The third kappa shape index (κ3) is 1.99. The number of hydrogen-bond acceptors (Lipinski definition) is 6. The van der Waals surface area contributed by atoms with E-state index in [4.69, 9.17) is 5.11 Å². The first kappa shape index (κ1) is 9.35. The highest BCUT2D eigenvalue weighted by molar-refractivity contribution is 7.99. The Balaban J connectivity index is 2.10. The van der Waals surface area contributed by atoms with Crippen molar-refractivity contribution in [1.29, 1.82) is 0 Å². The van der Waals surface area contributed by atoms with Crippen molar-refractivity contribution < 1.29 is 5.11 Å². The molecule has 2 aromatic rings. The molecule has 0 atom stereocenters. The zero-order chi connectivity index (χ0) is 9.80. The van der Waals surface area contributed by atoms with Gasteiger partial charge in [-0.3, -0.25) is 0 Å². The summed E-state index contributed by atoms with van der Waals surface area (Å²) in [5.41, 5.74) is 0.636. The zero-order valence-corrected chi connectivity index (χ0v) is 8.18. The van der Waals surface area contributed by atoms with Crippen LogP contribution in [0, 0.1) is 0 Å². The summed E-state index contributed by atoms with van der Waals surface area (Å²) in [4.78, 5) is 0. The minimum Gasteiger partial charge on any atom is -0.396 e. The van der Waals surface area contributed by atoms with Gasteiger partial charge in [-0.25, -0.2) is 0 Å². The fourth-order valence-corrected chi connectivity index (χ4v) is 1.73. The van der Waals surface area contributed by atoms with E-state index in [1.54, 1.807) is 11.8 Å². The summed E-state index contributed by atoms with van der Waals surface area (Å²) < 4.78 is 1.39. The molecule has 0 aliphatic rings. The van der Waals surface area contributed by atoms with Gasteiger partial charge in [0.2, 0.25) is 0 Å². The maximum Gasteiger partial charge on any atom is 0.200 e. The standard InChI is InChI=1S/C7H9N5OS/c13-4-1-5-14-7-3-2-6-8-10-11-12(6)9-7/h2-3,13H,1,4-5H2. The van der Waals surface area contributed by atoms with Gasteiger partial charge >= 0.3 is 0 Å². The largest absolute Gasteiger partial charge is 0.396 e. The Morgan fingerprint density at radius 2 is 2.36 bits per heavy atom. The molecule has 0 bridgehead atoms. The molecule has 7 heteroatoms. The smallest absolute Gasteiger partial charge is 0.200 e. The molecule has 0 fully saturated rings. The summed E-state index contributed by atoms with van der Waals surface area (Å²) in [5.74, 6) is 0.844. The number of aliphatic hydroxyl groups excluding tert-OH is 1. The Labute approximate surface area is 84.3 Å². The maximum atomic E-state index is 8.61. The van der Waals surface area contributed by atoms with Crippen molar-refractivity contribution >= 4 is 17.4 Å². The van der Waals surface area contributed by atoms with E-state index in [2.05, 4.69) is 20.6 Å². The van der Waals surface area contributed by atoms with Gasteiger partial charge in [0, 0.05) is 12.4 Å². The van der Waals surface area contributed by atoms with Crippen LogP contribution in [0.2, 0.25) is 0 Å². The molecule has 14 heavy (non-hydrogen) atoms. The average molecular weight is 211 g/mol. The Morgan fingerprint density at radius 3 is 3.21 bits per heavy atom. The van der Waals surface area contributed by atoms with E-state index in [0.29, 0.717) is 5.65 Å². The number of aliphatic hydroxyl groups is 1. The zero-order valence-electron chi connectivity index (χ0n) is 7.37. The van der Waals surface area contributed by atoms with Crippen LogP contribution in [0.4, 0.5) is 0 Å². The summed E-state index contributed by atoms with van der Waals surface area (Å²) >= 11 is 1.58. The van der Waals surface area contributed by atoms with Gasteiger partial charge in [0.15, 0.2) is 5.65 Å². The Hall–Kier alpha value is -1.21. The number of hydrogen-bond donors (Lipinski definition) is 1. The Bertz CT molecular complexity index is 417. The molecule has 2 aromatic heterocycles. The fraction of sp³-hybridized carbons (Fsp3) is 0.429.